The highest BCUT2D eigenvalue weighted by Crippen LogP contribution is 2.33. The first-order valence-corrected chi connectivity index (χ1v) is 8.49. The first-order valence-electron chi connectivity index (χ1n) is 7.67. The Kier molecular flexibility index (Phi) is 4.02. The Balaban J connectivity index is 1.53. The van der Waals surface area contributed by atoms with Crippen molar-refractivity contribution in [3.05, 3.63) is 52.8 Å². The van der Waals surface area contributed by atoms with Gasteiger partial charge in [-0.3, -0.25) is 4.79 Å². The Bertz CT molecular complexity index is 905. The quantitative estimate of drug-likeness (QED) is 0.677. The summed E-state index contributed by atoms with van der Waals surface area (Å²) in [6.45, 7) is 1.44. The lowest BCUT2D eigenvalue weighted by Gasteiger charge is -2.18. The molecule has 0 aliphatic carbocycles. The summed E-state index contributed by atoms with van der Waals surface area (Å²) in [6.07, 6.45) is 1.60. The van der Waals surface area contributed by atoms with E-state index >= 15 is 0 Å². The van der Waals surface area contributed by atoms with Crippen LogP contribution in [0.5, 0.6) is 11.5 Å². The lowest BCUT2D eigenvalue weighted by atomic mass is 10.1. The number of fused-ring (bicyclic) bond motifs is 1. The second-order valence-electron chi connectivity index (χ2n) is 5.35. The smallest absolute Gasteiger partial charge is 0.206 e. The average Bonchev–Trinajstić information content (AvgIpc) is 3.28. The summed E-state index contributed by atoms with van der Waals surface area (Å²) < 4.78 is 16.2. The molecule has 0 saturated carbocycles. The number of nitrogens with two attached hydrogens (primary N) is 1. The van der Waals surface area contributed by atoms with Crippen molar-refractivity contribution in [2.24, 2.45) is 0 Å². The molecule has 25 heavy (non-hydrogen) atoms. The van der Waals surface area contributed by atoms with E-state index in [9.17, 15) is 4.79 Å². The van der Waals surface area contributed by atoms with Gasteiger partial charge in [0.1, 0.15) is 29.7 Å². The third kappa shape index (κ3) is 3.16. The van der Waals surface area contributed by atoms with Crippen LogP contribution in [0.1, 0.15) is 21.0 Å². The van der Waals surface area contributed by atoms with Crippen molar-refractivity contribution in [3.63, 3.8) is 0 Å². The molecule has 0 bridgehead atoms. The van der Waals surface area contributed by atoms with E-state index in [1.54, 1.807) is 24.5 Å². The van der Waals surface area contributed by atoms with Gasteiger partial charge in [0.05, 0.1) is 12.8 Å². The van der Waals surface area contributed by atoms with E-state index in [-0.39, 0.29) is 11.6 Å². The van der Waals surface area contributed by atoms with Crippen LogP contribution in [0.2, 0.25) is 0 Å². The fourth-order valence-corrected chi connectivity index (χ4v) is 3.30. The van der Waals surface area contributed by atoms with Gasteiger partial charge in [-0.05, 0) is 30.3 Å². The van der Waals surface area contributed by atoms with Gasteiger partial charge in [-0.15, -0.1) is 0 Å². The molecule has 3 heterocycles. The average molecular weight is 357 g/mol. The summed E-state index contributed by atoms with van der Waals surface area (Å²) in [5.41, 5.74) is 6.41. The van der Waals surface area contributed by atoms with Crippen molar-refractivity contribution in [1.82, 2.24) is 4.98 Å². The molecule has 1 aromatic carbocycles. The molecular weight excluding hydrogens is 342 g/mol. The van der Waals surface area contributed by atoms with Crippen LogP contribution >= 0.6 is 11.3 Å². The summed E-state index contributed by atoms with van der Waals surface area (Å²) in [6, 6.07) is 8.77. The molecular formula is C17H15N3O4S. The second kappa shape index (κ2) is 6.48. The number of nitrogens with one attached hydrogen (secondary N) is 1. The number of ether oxygens (including phenoxy) is 2. The zero-order valence-electron chi connectivity index (χ0n) is 13.2. The van der Waals surface area contributed by atoms with Crippen LogP contribution in [-0.4, -0.2) is 24.0 Å². The zero-order valence-corrected chi connectivity index (χ0v) is 14.0. The monoisotopic (exact) mass is 357 g/mol. The maximum atomic E-state index is 12.7. The third-order valence-electron chi connectivity index (χ3n) is 3.66. The molecule has 0 spiro atoms. The Morgan fingerprint density at radius 1 is 1.24 bits per heavy atom. The van der Waals surface area contributed by atoms with Gasteiger partial charge in [0.2, 0.25) is 5.78 Å². The van der Waals surface area contributed by atoms with Gasteiger partial charge in [0.25, 0.3) is 0 Å². The van der Waals surface area contributed by atoms with Gasteiger partial charge < -0.3 is 24.9 Å². The highest BCUT2D eigenvalue weighted by Gasteiger charge is 2.21. The molecule has 0 amide bonds. The molecule has 2 aromatic heterocycles. The van der Waals surface area contributed by atoms with Crippen molar-refractivity contribution in [1.29, 1.82) is 0 Å². The first kappa shape index (κ1) is 15.5. The Morgan fingerprint density at radius 2 is 2.08 bits per heavy atom. The van der Waals surface area contributed by atoms with Crippen molar-refractivity contribution in [2.75, 3.05) is 24.3 Å². The summed E-state index contributed by atoms with van der Waals surface area (Å²) in [7, 11) is 0. The number of ketones is 1. The Morgan fingerprint density at radius 3 is 2.88 bits per heavy atom. The minimum absolute atomic E-state index is 0.196. The lowest BCUT2D eigenvalue weighted by molar-refractivity contribution is 0.104. The number of benzene rings is 1. The molecule has 1 aliphatic rings. The van der Waals surface area contributed by atoms with Crippen molar-refractivity contribution in [2.45, 2.75) is 6.54 Å². The van der Waals surface area contributed by atoms with E-state index < -0.39 is 0 Å². The molecule has 0 fully saturated rings. The molecule has 8 heteroatoms. The van der Waals surface area contributed by atoms with E-state index in [0.717, 1.165) is 5.76 Å². The van der Waals surface area contributed by atoms with E-state index in [0.29, 0.717) is 46.8 Å². The highest BCUT2D eigenvalue weighted by atomic mass is 32.1. The summed E-state index contributed by atoms with van der Waals surface area (Å²) in [4.78, 5) is 17.3. The predicted octanol–water partition coefficient (Wildman–Crippen LogP) is 2.93. The standard InChI is InChI=1S/C17H15N3O4S/c18-16-15(25-17(20-16)19-9-11-2-1-5-22-11)14(21)10-3-4-12-13(8-10)24-7-6-23-12/h1-5,8H,6-7,9,18H2,(H,19,20). The zero-order chi connectivity index (χ0) is 17.2. The van der Waals surface area contributed by atoms with Crippen molar-refractivity contribution >= 4 is 28.1 Å². The van der Waals surface area contributed by atoms with E-state index in [4.69, 9.17) is 19.6 Å². The summed E-state index contributed by atoms with van der Waals surface area (Å²) in [5.74, 6) is 1.98. The number of carbonyl (C=O) groups is 1. The molecule has 3 aromatic rings. The molecule has 7 nitrogen and oxygen atoms in total. The van der Waals surface area contributed by atoms with Crippen molar-refractivity contribution in [3.8, 4) is 11.5 Å². The number of carbonyl (C=O) groups excluding carboxylic acids is 1. The number of nitrogens with zero attached hydrogens (tertiary/aromatic N) is 1. The fourth-order valence-electron chi connectivity index (χ4n) is 2.46. The number of anilines is 2. The minimum Gasteiger partial charge on any atom is -0.486 e. The number of furan rings is 1. The number of rotatable bonds is 5. The van der Waals surface area contributed by atoms with E-state index in [2.05, 4.69) is 10.3 Å². The van der Waals surface area contributed by atoms with Crippen LogP contribution < -0.4 is 20.5 Å². The molecule has 0 atom stereocenters. The summed E-state index contributed by atoms with van der Waals surface area (Å²) in [5, 5.41) is 3.67. The largest absolute Gasteiger partial charge is 0.486 e. The van der Waals surface area contributed by atoms with Crippen LogP contribution in [-0.2, 0) is 6.54 Å². The maximum absolute atomic E-state index is 12.7. The van der Waals surface area contributed by atoms with Gasteiger partial charge >= 0.3 is 0 Å². The molecule has 3 N–H and O–H groups in total. The first-order chi connectivity index (χ1) is 12.2. The molecule has 0 saturated heterocycles. The molecule has 4 rings (SSSR count). The fraction of sp³-hybridized carbons (Fsp3) is 0.176. The summed E-state index contributed by atoms with van der Waals surface area (Å²) >= 11 is 1.21. The number of hydrogen-bond acceptors (Lipinski definition) is 8. The van der Waals surface area contributed by atoms with Crippen LogP contribution in [0.15, 0.2) is 41.0 Å². The van der Waals surface area contributed by atoms with E-state index in [1.165, 1.54) is 11.3 Å². The third-order valence-corrected chi connectivity index (χ3v) is 4.69. The minimum atomic E-state index is -0.196. The Labute approximate surface area is 147 Å². The van der Waals surface area contributed by atoms with Gasteiger partial charge in [-0.1, -0.05) is 11.3 Å². The maximum Gasteiger partial charge on any atom is 0.206 e. The SMILES string of the molecule is Nc1nc(NCc2ccco2)sc1C(=O)c1ccc2c(c1)OCCO2. The van der Waals surface area contributed by atoms with Crippen LogP contribution in [0, 0.1) is 0 Å². The number of nitrogen functional groups attached to an aromatic ring is 1. The molecule has 0 unspecified atom stereocenters. The number of aromatic nitrogens is 1. The van der Waals surface area contributed by atoms with Crippen LogP contribution in [0.4, 0.5) is 10.9 Å². The van der Waals surface area contributed by atoms with Gasteiger partial charge in [-0.2, -0.15) is 0 Å². The molecule has 1 aliphatic heterocycles. The van der Waals surface area contributed by atoms with Crippen LogP contribution in [0.3, 0.4) is 0 Å². The second-order valence-corrected chi connectivity index (χ2v) is 6.35. The number of thiazole rings is 1. The topological polar surface area (TPSA) is 99.6 Å². The highest BCUT2D eigenvalue weighted by molar-refractivity contribution is 7.18. The number of hydrogen-bond donors (Lipinski definition) is 2. The van der Waals surface area contributed by atoms with Crippen molar-refractivity contribution < 1.29 is 18.7 Å². The predicted molar refractivity (Wildman–Crippen MR) is 93.4 cm³/mol. The normalized spacial score (nSPS) is 12.8. The van der Waals surface area contributed by atoms with Gasteiger partial charge in [0, 0.05) is 5.56 Å². The van der Waals surface area contributed by atoms with Gasteiger partial charge in [-0.25, -0.2) is 4.98 Å². The van der Waals surface area contributed by atoms with E-state index in [1.807, 2.05) is 12.1 Å². The molecule has 128 valence electrons. The lowest BCUT2D eigenvalue weighted by Crippen LogP contribution is -2.15. The Hall–Kier alpha value is -3.00. The van der Waals surface area contributed by atoms with Gasteiger partial charge in [0.15, 0.2) is 16.6 Å². The molecule has 0 radical (unpaired) electrons. The van der Waals surface area contributed by atoms with Crippen LogP contribution in [0.25, 0.3) is 0 Å².